The molecule has 0 aliphatic carbocycles. The molecule has 0 atom stereocenters. The summed E-state index contributed by atoms with van der Waals surface area (Å²) >= 11 is 6.66. The smallest absolute Gasteiger partial charge is 0.139 e. The van der Waals surface area contributed by atoms with Crippen LogP contribution in [-0.4, -0.2) is 43.3 Å². The van der Waals surface area contributed by atoms with Gasteiger partial charge in [0.25, 0.3) is 0 Å². The Hall–Kier alpha value is -3.18. The van der Waals surface area contributed by atoms with Gasteiger partial charge in [-0.2, -0.15) is 0 Å². The summed E-state index contributed by atoms with van der Waals surface area (Å²) in [6.45, 7) is 3.79. The van der Waals surface area contributed by atoms with Crippen molar-refractivity contribution in [2.45, 2.75) is 0 Å². The van der Waals surface area contributed by atoms with Gasteiger partial charge in [0.15, 0.2) is 0 Å². The van der Waals surface area contributed by atoms with Crippen LogP contribution in [0, 0.1) is 0 Å². The number of anilines is 2. The maximum Gasteiger partial charge on any atom is 0.139 e. The molecule has 152 valence electrons. The first-order valence-corrected chi connectivity index (χ1v) is 10.5. The topological polar surface area (TPSA) is 44.4 Å². The number of H-pyrrole nitrogens is 1. The fourth-order valence-corrected chi connectivity index (χ4v) is 4.27. The number of rotatable bonds is 4. The van der Waals surface area contributed by atoms with Crippen LogP contribution in [0.4, 0.5) is 11.4 Å². The number of imidazole rings is 1. The van der Waals surface area contributed by atoms with Gasteiger partial charge < -0.3 is 19.5 Å². The molecule has 0 radical (unpaired) electrons. The fourth-order valence-electron chi connectivity index (χ4n) is 4.00. The molecule has 5 rings (SSSR count). The van der Waals surface area contributed by atoms with Crippen molar-refractivity contribution in [3.63, 3.8) is 0 Å². The van der Waals surface area contributed by atoms with Crippen LogP contribution in [0.3, 0.4) is 0 Å². The molecule has 6 heteroatoms. The fraction of sp³-hybridized carbons (Fsp3) is 0.208. The molecule has 1 aromatic heterocycles. The number of nitrogens with zero attached hydrogens (tertiary/aromatic N) is 3. The van der Waals surface area contributed by atoms with Crippen molar-refractivity contribution in [2.75, 3.05) is 43.1 Å². The van der Waals surface area contributed by atoms with Crippen molar-refractivity contribution < 1.29 is 4.74 Å². The van der Waals surface area contributed by atoms with Crippen LogP contribution in [0.5, 0.6) is 5.75 Å². The zero-order valence-electron chi connectivity index (χ0n) is 16.8. The number of hydrogen-bond donors (Lipinski definition) is 1. The van der Waals surface area contributed by atoms with Crippen LogP contribution in [0.2, 0.25) is 5.02 Å². The average molecular weight is 419 g/mol. The lowest BCUT2D eigenvalue weighted by atomic mass is 10.1. The maximum atomic E-state index is 6.66. The Labute approximate surface area is 180 Å². The second-order valence-corrected chi connectivity index (χ2v) is 7.85. The SMILES string of the molecule is COc1cccc(N2CCN(c3ccc(-c4nc5ccccc5[nH]4)c(Cl)c3)CC2)c1. The van der Waals surface area contributed by atoms with E-state index in [1.165, 1.54) is 5.69 Å². The molecule has 30 heavy (non-hydrogen) atoms. The first-order chi connectivity index (χ1) is 14.7. The summed E-state index contributed by atoms with van der Waals surface area (Å²) in [4.78, 5) is 12.8. The third kappa shape index (κ3) is 3.57. The molecule has 0 amide bonds. The van der Waals surface area contributed by atoms with E-state index < -0.39 is 0 Å². The minimum absolute atomic E-state index is 0.710. The van der Waals surface area contributed by atoms with Gasteiger partial charge in [0.1, 0.15) is 11.6 Å². The first-order valence-electron chi connectivity index (χ1n) is 10.1. The van der Waals surface area contributed by atoms with E-state index in [4.69, 9.17) is 16.3 Å². The summed E-state index contributed by atoms with van der Waals surface area (Å²) in [5.74, 6) is 1.69. The minimum atomic E-state index is 0.710. The predicted molar refractivity (Wildman–Crippen MR) is 124 cm³/mol. The molecule has 3 aromatic carbocycles. The molecule has 0 unspecified atom stereocenters. The van der Waals surface area contributed by atoms with Crippen LogP contribution < -0.4 is 14.5 Å². The molecule has 0 saturated carbocycles. The van der Waals surface area contributed by atoms with E-state index >= 15 is 0 Å². The van der Waals surface area contributed by atoms with Gasteiger partial charge in [-0.05, 0) is 42.5 Å². The van der Waals surface area contributed by atoms with Crippen LogP contribution in [0.1, 0.15) is 0 Å². The highest BCUT2D eigenvalue weighted by atomic mass is 35.5. The zero-order chi connectivity index (χ0) is 20.5. The lowest BCUT2D eigenvalue weighted by molar-refractivity contribution is 0.414. The second-order valence-electron chi connectivity index (χ2n) is 7.44. The lowest BCUT2D eigenvalue weighted by Gasteiger charge is -2.37. The highest BCUT2D eigenvalue weighted by Crippen LogP contribution is 2.32. The third-order valence-corrected chi connectivity index (χ3v) is 5.97. The Kier molecular flexibility index (Phi) is 4.97. The summed E-state index contributed by atoms with van der Waals surface area (Å²) in [7, 11) is 1.70. The largest absolute Gasteiger partial charge is 0.497 e. The minimum Gasteiger partial charge on any atom is -0.497 e. The molecule has 5 nitrogen and oxygen atoms in total. The quantitative estimate of drug-likeness (QED) is 0.493. The lowest BCUT2D eigenvalue weighted by Crippen LogP contribution is -2.46. The van der Waals surface area contributed by atoms with Crippen LogP contribution >= 0.6 is 11.6 Å². The standard InChI is InChI=1S/C24H23ClN4O/c1-30-19-6-4-5-17(15-19)28-11-13-29(14-12-28)18-9-10-20(21(25)16-18)24-26-22-7-2-3-8-23(22)27-24/h2-10,15-16H,11-14H2,1H3,(H,26,27). The third-order valence-electron chi connectivity index (χ3n) is 5.66. The van der Waals surface area contributed by atoms with Gasteiger partial charge in [0, 0.05) is 49.2 Å². The molecular formula is C24H23ClN4O. The molecule has 1 N–H and O–H groups in total. The van der Waals surface area contributed by atoms with Gasteiger partial charge in [0.2, 0.25) is 0 Å². The van der Waals surface area contributed by atoms with Crippen LogP contribution in [0.25, 0.3) is 22.4 Å². The van der Waals surface area contributed by atoms with Crippen molar-refractivity contribution in [1.29, 1.82) is 0 Å². The van der Waals surface area contributed by atoms with E-state index in [9.17, 15) is 0 Å². The van der Waals surface area contributed by atoms with Gasteiger partial charge in [0.05, 0.1) is 23.2 Å². The molecule has 2 heterocycles. The number of fused-ring (bicyclic) bond motifs is 1. The van der Waals surface area contributed by atoms with Gasteiger partial charge in [-0.25, -0.2) is 4.98 Å². The van der Waals surface area contributed by atoms with E-state index in [0.717, 1.165) is 60.0 Å². The summed E-state index contributed by atoms with van der Waals surface area (Å²) in [6.07, 6.45) is 0. The van der Waals surface area contributed by atoms with Crippen LogP contribution in [-0.2, 0) is 0 Å². The van der Waals surface area contributed by atoms with Crippen molar-refractivity contribution >= 4 is 34.0 Å². The van der Waals surface area contributed by atoms with Crippen LogP contribution in [0.15, 0.2) is 66.7 Å². The van der Waals surface area contributed by atoms with Gasteiger partial charge in [-0.15, -0.1) is 0 Å². The number of halogens is 1. The van der Waals surface area contributed by atoms with Gasteiger partial charge >= 0.3 is 0 Å². The number of aromatic amines is 1. The van der Waals surface area contributed by atoms with E-state index in [0.29, 0.717) is 5.02 Å². The van der Waals surface area contributed by atoms with E-state index in [1.54, 1.807) is 7.11 Å². The maximum absolute atomic E-state index is 6.66. The summed E-state index contributed by atoms with van der Waals surface area (Å²) in [6, 6.07) is 22.5. The molecule has 1 aliphatic rings. The Morgan fingerprint density at radius 2 is 1.60 bits per heavy atom. The molecule has 1 fully saturated rings. The number of benzene rings is 3. The second kappa shape index (κ2) is 7.92. The average Bonchev–Trinajstić information content (AvgIpc) is 3.23. The number of piperazine rings is 1. The Morgan fingerprint density at radius 3 is 2.30 bits per heavy atom. The Morgan fingerprint density at radius 1 is 0.867 bits per heavy atom. The number of hydrogen-bond acceptors (Lipinski definition) is 4. The van der Waals surface area contributed by atoms with E-state index in [2.05, 4.69) is 44.0 Å². The number of para-hydroxylation sites is 2. The molecule has 0 spiro atoms. The monoisotopic (exact) mass is 418 g/mol. The van der Waals surface area contributed by atoms with Crippen molar-refractivity contribution in [1.82, 2.24) is 9.97 Å². The highest BCUT2D eigenvalue weighted by Gasteiger charge is 2.19. The van der Waals surface area contributed by atoms with Crippen molar-refractivity contribution in [3.8, 4) is 17.1 Å². The number of ether oxygens (including phenoxy) is 1. The van der Waals surface area contributed by atoms with E-state index in [1.807, 2.05) is 42.5 Å². The number of aromatic nitrogens is 2. The number of nitrogens with one attached hydrogen (secondary N) is 1. The predicted octanol–water partition coefficient (Wildman–Crippen LogP) is 5.22. The normalized spacial score (nSPS) is 14.3. The Bertz CT molecular complexity index is 1150. The summed E-state index contributed by atoms with van der Waals surface area (Å²) in [5.41, 5.74) is 5.23. The van der Waals surface area contributed by atoms with E-state index in [-0.39, 0.29) is 0 Å². The molecular weight excluding hydrogens is 396 g/mol. The van der Waals surface area contributed by atoms with Crippen molar-refractivity contribution in [2.24, 2.45) is 0 Å². The Balaban J connectivity index is 1.31. The van der Waals surface area contributed by atoms with Crippen molar-refractivity contribution in [3.05, 3.63) is 71.8 Å². The first kappa shape index (κ1) is 18.8. The molecule has 4 aromatic rings. The van der Waals surface area contributed by atoms with Gasteiger partial charge in [-0.3, -0.25) is 0 Å². The zero-order valence-corrected chi connectivity index (χ0v) is 17.6. The highest BCUT2D eigenvalue weighted by molar-refractivity contribution is 6.33. The summed E-state index contributed by atoms with van der Waals surface area (Å²) in [5, 5.41) is 0.710. The molecule has 0 bridgehead atoms. The summed E-state index contributed by atoms with van der Waals surface area (Å²) < 4.78 is 5.36. The van der Waals surface area contributed by atoms with Gasteiger partial charge in [-0.1, -0.05) is 29.8 Å². The molecule has 1 aliphatic heterocycles. The molecule has 1 saturated heterocycles. The number of methoxy groups -OCH3 is 1.